The molecule has 7 nitrogen and oxygen atoms in total. The van der Waals surface area contributed by atoms with E-state index in [-0.39, 0.29) is 11.3 Å². The van der Waals surface area contributed by atoms with Gasteiger partial charge in [-0.05, 0) is 61.6 Å². The number of carbonyl (C=O) groups is 1. The third-order valence-electron chi connectivity index (χ3n) is 5.42. The van der Waals surface area contributed by atoms with Crippen molar-refractivity contribution in [2.45, 2.75) is 33.2 Å². The van der Waals surface area contributed by atoms with E-state index in [0.717, 1.165) is 29.7 Å². The van der Waals surface area contributed by atoms with Gasteiger partial charge in [-0.2, -0.15) is 4.98 Å². The normalized spacial score (nSPS) is 16.4. The minimum Gasteiger partial charge on any atom is -0.497 e. The lowest BCUT2D eigenvalue weighted by atomic mass is 9.96. The predicted molar refractivity (Wildman–Crippen MR) is 115 cm³/mol. The van der Waals surface area contributed by atoms with Crippen LogP contribution in [0.5, 0.6) is 11.5 Å². The maximum Gasteiger partial charge on any atom is 0.335 e. The van der Waals surface area contributed by atoms with Crippen molar-refractivity contribution in [2.75, 3.05) is 19.1 Å². The highest BCUT2D eigenvalue weighted by Crippen LogP contribution is 2.42. The lowest BCUT2D eigenvalue weighted by molar-refractivity contribution is 0.215. The molecule has 0 N–H and O–H groups in total. The highest BCUT2D eigenvalue weighted by molar-refractivity contribution is 6.28. The van der Waals surface area contributed by atoms with Crippen LogP contribution >= 0.6 is 11.6 Å². The summed E-state index contributed by atoms with van der Waals surface area (Å²) in [4.78, 5) is 25.6. The molecule has 2 aromatic rings. The molecule has 4 rings (SSSR count). The maximum absolute atomic E-state index is 13.8. The number of hydrogen-bond acceptors (Lipinski definition) is 5. The summed E-state index contributed by atoms with van der Waals surface area (Å²) in [6.45, 7) is 4.49. The maximum atomic E-state index is 13.8. The molecule has 2 amide bonds. The summed E-state index contributed by atoms with van der Waals surface area (Å²) in [5.41, 5.74) is 4.58. The fourth-order valence-electron chi connectivity index (χ4n) is 3.99. The van der Waals surface area contributed by atoms with E-state index in [2.05, 4.69) is 23.0 Å². The molecule has 30 heavy (non-hydrogen) atoms. The van der Waals surface area contributed by atoms with Crippen molar-refractivity contribution in [1.82, 2.24) is 14.9 Å². The van der Waals surface area contributed by atoms with Crippen LogP contribution in [0.25, 0.3) is 0 Å². The molecule has 0 saturated heterocycles. The molecule has 0 unspecified atom stereocenters. The molecule has 1 aromatic carbocycles. The summed E-state index contributed by atoms with van der Waals surface area (Å²) < 4.78 is 10.9. The quantitative estimate of drug-likeness (QED) is 0.626. The first-order valence-electron chi connectivity index (χ1n) is 9.66. The predicted octanol–water partition coefficient (Wildman–Crippen LogP) is 5.24. The molecule has 0 saturated carbocycles. The minimum atomic E-state index is -0.218. The van der Waals surface area contributed by atoms with Crippen LogP contribution in [0.1, 0.15) is 32.3 Å². The molecule has 0 atom stereocenters. The Morgan fingerprint density at radius 3 is 2.67 bits per heavy atom. The topological polar surface area (TPSA) is 67.8 Å². The number of aromatic nitrogens is 2. The Kier molecular flexibility index (Phi) is 5.39. The molecule has 0 fully saturated rings. The van der Waals surface area contributed by atoms with Gasteiger partial charge >= 0.3 is 6.03 Å². The van der Waals surface area contributed by atoms with Gasteiger partial charge in [-0.15, -0.1) is 0 Å². The second kappa shape index (κ2) is 7.99. The molecule has 156 valence electrons. The monoisotopic (exact) mass is 426 g/mol. The first-order valence-corrected chi connectivity index (χ1v) is 10.0. The summed E-state index contributed by atoms with van der Waals surface area (Å²) in [6, 6.07) is 5.08. The number of ether oxygens (including phenoxy) is 2. The van der Waals surface area contributed by atoms with E-state index in [1.165, 1.54) is 10.5 Å². The Hall–Kier alpha value is -3.06. The van der Waals surface area contributed by atoms with Gasteiger partial charge in [0, 0.05) is 23.5 Å². The second-order valence-electron chi connectivity index (χ2n) is 7.28. The zero-order valence-electron chi connectivity index (χ0n) is 17.4. The number of halogens is 1. The van der Waals surface area contributed by atoms with Gasteiger partial charge in [0.25, 0.3) is 0 Å². The number of allylic oxidation sites excluding steroid dienone is 3. The Labute approximate surface area is 180 Å². The van der Waals surface area contributed by atoms with E-state index in [9.17, 15) is 4.79 Å². The van der Waals surface area contributed by atoms with Crippen LogP contribution in [0.2, 0.25) is 5.28 Å². The van der Waals surface area contributed by atoms with Gasteiger partial charge < -0.3 is 9.47 Å². The Bertz CT molecular complexity index is 1080. The van der Waals surface area contributed by atoms with Crippen LogP contribution in [-0.4, -0.2) is 35.1 Å². The first kappa shape index (κ1) is 20.2. The van der Waals surface area contributed by atoms with E-state index < -0.39 is 0 Å². The van der Waals surface area contributed by atoms with Crippen LogP contribution in [0, 0.1) is 0 Å². The molecule has 1 aliphatic carbocycles. The Morgan fingerprint density at radius 1 is 1.17 bits per heavy atom. The van der Waals surface area contributed by atoms with Crippen LogP contribution < -0.4 is 14.4 Å². The molecule has 2 aliphatic rings. The second-order valence-corrected chi connectivity index (χ2v) is 7.62. The van der Waals surface area contributed by atoms with Crippen molar-refractivity contribution >= 4 is 29.1 Å². The van der Waals surface area contributed by atoms with E-state index in [1.807, 2.05) is 6.92 Å². The van der Waals surface area contributed by atoms with Crippen molar-refractivity contribution in [3.8, 4) is 11.5 Å². The van der Waals surface area contributed by atoms with Gasteiger partial charge in [0.05, 0.1) is 26.5 Å². The molecule has 8 heteroatoms. The number of nitrogens with zero attached hydrogens (tertiary/aromatic N) is 4. The van der Waals surface area contributed by atoms with Gasteiger partial charge in [0.1, 0.15) is 11.5 Å². The summed E-state index contributed by atoms with van der Waals surface area (Å²) in [5.74, 6) is 1.57. The fourth-order valence-corrected chi connectivity index (χ4v) is 4.12. The van der Waals surface area contributed by atoms with Gasteiger partial charge in [-0.25, -0.2) is 14.7 Å². The van der Waals surface area contributed by atoms with E-state index in [4.69, 9.17) is 21.1 Å². The SMILES string of the molecule is COc1ccc(N2C(=O)N(C3=C(C)CCC=C3C)Cc3cnc(Cl)nc32)c(OC)c1. The number of anilines is 2. The van der Waals surface area contributed by atoms with Gasteiger partial charge in [-0.3, -0.25) is 4.90 Å². The molecule has 0 spiro atoms. The van der Waals surface area contributed by atoms with Crippen molar-refractivity contribution in [3.63, 3.8) is 0 Å². The Balaban J connectivity index is 1.90. The minimum absolute atomic E-state index is 0.0802. The molecular formula is C22H23ClN4O3. The number of rotatable bonds is 4. The van der Waals surface area contributed by atoms with Crippen molar-refractivity contribution in [2.24, 2.45) is 0 Å². The van der Waals surface area contributed by atoms with Crippen molar-refractivity contribution in [1.29, 1.82) is 0 Å². The lowest BCUT2D eigenvalue weighted by Gasteiger charge is -2.39. The lowest BCUT2D eigenvalue weighted by Crippen LogP contribution is -2.45. The Morgan fingerprint density at radius 2 is 1.97 bits per heavy atom. The number of hydrogen-bond donors (Lipinski definition) is 0. The van der Waals surface area contributed by atoms with E-state index in [1.54, 1.807) is 43.5 Å². The van der Waals surface area contributed by atoms with Crippen molar-refractivity contribution in [3.05, 3.63) is 58.2 Å². The third-order valence-corrected chi connectivity index (χ3v) is 5.60. The number of benzene rings is 1. The summed E-state index contributed by atoms with van der Waals surface area (Å²) in [7, 11) is 3.14. The van der Waals surface area contributed by atoms with E-state index >= 15 is 0 Å². The number of carbonyl (C=O) groups excluding carboxylic acids is 1. The highest BCUT2D eigenvalue weighted by Gasteiger charge is 2.37. The number of methoxy groups -OCH3 is 2. The zero-order chi connectivity index (χ0) is 21.4. The van der Waals surface area contributed by atoms with Gasteiger partial charge in [0.15, 0.2) is 5.82 Å². The smallest absolute Gasteiger partial charge is 0.335 e. The van der Waals surface area contributed by atoms with Gasteiger partial charge in [0.2, 0.25) is 5.28 Å². The van der Waals surface area contributed by atoms with Gasteiger partial charge in [-0.1, -0.05) is 6.08 Å². The van der Waals surface area contributed by atoms with Crippen LogP contribution in [-0.2, 0) is 6.54 Å². The number of urea groups is 1. The fraction of sp³-hybridized carbons (Fsp3) is 0.318. The molecule has 1 aromatic heterocycles. The molecule has 1 aliphatic heterocycles. The van der Waals surface area contributed by atoms with Crippen LogP contribution in [0.4, 0.5) is 16.3 Å². The number of fused-ring (bicyclic) bond motifs is 1. The first-order chi connectivity index (χ1) is 14.4. The molecular weight excluding hydrogens is 404 g/mol. The molecule has 0 radical (unpaired) electrons. The van der Waals surface area contributed by atoms with E-state index in [0.29, 0.717) is 29.5 Å². The van der Waals surface area contributed by atoms with Crippen LogP contribution in [0.3, 0.4) is 0 Å². The van der Waals surface area contributed by atoms with Crippen LogP contribution in [0.15, 0.2) is 47.3 Å². The largest absolute Gasteiger partial charge is 0.497 e. The average Bonchev–Trinajstić information content (AvgIpc) is 2.74. The van der Waals surface area contributed by atoms with Crippen molar-refractivity contribution < 1.29 is 14.3 Å². The zero-order valence-corrected chi connectivity index (χ0v) is 18.2. The molecule has 2 heterocycles. The summed E-state index contributed by atoms with van der Waals surface area (Å²) in [6.07, 6.45) is 5.74. The highest BCUT2D eigenvalue weighted by atomic mass is 35.5. The number of amides is 2. The summed E-state index contributed by atoms with van der Waals surface area (Å²) in [5, 5.41) is 0.0802. The summed E-state index contributed by atoms with van der Waals surface area (Å²) >= 11 is 6.09. The standard InChI is InChI=1S/C22H23ClN4O3/c1-13-6-5-7-14(2)19(13)26-12-15-11-24-21(23)25-20(15)27(22(26)28)17-9-8-16(29-3)10-18(17)30-4/h6,8-11H,5,7,12H2,1-4H3. The molecule has 0 bridgehead atoms. The average molecular weight is 427 g/mol. The third kappa shape index (κ3) is 3.39.